The van der Waals surface area contributed by atoms with E-state index in [0.717, 1.165) is 19.3 Å². The van der Waals surface area contributed by atoms with Crippen molar-refractivity contribution in [1.29, 1.82) is 0 Å². The Morgan fingerprint density at radius 2 is 1.55 bits per heavy atom. The SMILES string of the molecule is O=C(COc1ccc(S(=O)(=O)N2CCCCC2)cc1)N1CCN(c2ncccn2)CC1. The van der Waals surface area contributed by atoms with Gasteiger partial charge in [0.15, 0.2) is 6.61 Å². The highest BCUT2D eigenvalue weighted by Gasteiger charge is 2.26. The third kappa shape index (κ3) is 5.13. The van der Waals surface area contributed by atoms with Crippen LogP contribution >= 0.6 is 0 Å². The van der Waals surface area contributed by atoms with E-state index >= 15 is 0 Å². The number of benzene rings is 1. The van der Waals surface area contributed by atoms with E-state index in [1.54, 1.807) is 47.6 Å². The van der Waals surface area contributed by atoms with E-state index in [2.05, 4.69) is 9.97 Å². The minimum atomic E-state index is -3.47. The smallest absolute Gasteiger partial charge is 0.260 e. The molecular formula is C21H27N5O4S. The van der Waals surface area contributed by atoms with Crippen LogP contribution in [-0.2, 0) is 14.8 Å². The molecule has 0 aliphatic carbocycles. The molecule has 2 fully saturated rings. The van der Waals surface area contributed by atoms with E-state index in [9.17, 15) is 13.2 Å². The number of carbonyl (C=O) groups is 1. The summed E-state index contributed by atoms with van der Waals surface area (Å²) in [5, 5.41) is 0. The van der Waals surface area contributed by atoms with Gasteiger partial charge in [-0.05, 0) is 43.2 Å². The number of hydrogen-bond donors (Lipinski definition) is 0. The standard InChI is InChI=1S/C21H27N5O4S/c27-20(24-13-15-25(16-14-24)21-22-9-4-10-23-21)17-30-18-5-7-19(8-6-18)31(28,29)26-11-2-1-3-12-26/h4-10H,1-3,11-17H2. The maximum atomic E-state index is 12.7. The molecule has 1 aromatic heterocycles. The topological polar surface area (TPSA) is 95.9 Å². The molecule has 2 aliphatic rings. The summed E-state index contributed by atoms with van der Waals surface area (Å²) in [7, 11) is -3.47. The molecule has 31 heavy (non-hydrogen) atoms. The Kier molecular flexibility index (Phi) is 6.67. The summed E-state index contributed by atoms with van der Waals surface area (Å²) < 4.78 is 32.6. The van der Waals surface area contributed by atoms with Crippen LogP contribution in [0.5, 0.6) is 5.75 Å². The Hall–Kier alpha value is -2.72. The molecular weight excluding hydrogens is 418 g/mol. The lowest BCUT2D eigenvalue weighted by Gasteiger charge is -2.34. The minimum Gasteiger partial charge on any atom is -0.484 e. The molecule has 4 rings (SSSR count). The van der Waals surface area contributed by atoms with E-state index in [1.165, 1.54) is 4.31 Å². The lowest BCUT2D eigenvalue weighted by atomic mass is 10.2. The van der Waals surface area contributed by atoms with Crippen LogP contribution in [0.2, 0.25) is 0 Å². The van der Waals surface area contributed by atoms with Crippen molar-refractivity contribution in [3.8, 4) is 5.75 Å². The van der Waals surface area contributed by atoms with Crippen LogP contribution in [0.1, 0.15) is 19.3 Å². The molecule has 0 spiro atoms. The third-order valence-corrected chi connectivity index (χ3v) is 7.52. The number of anilines is 1. The highest BCUT2D eigenvalue weighted by molar-refractivity contribution is 7.89. The molecule has 2 aromatic rings. The van der Waals surface area contributed by atoms with Gasteiger partial charge < -0.3 is 14.5 Å². The van der Waals surface area contributed by atoms with Gasteiger partial charge in [0.25, 0.3) is 5.91 Å². The highest BCUT2D eigenvalue weighted by atomic mass is 32.2. The Morgan fingerprint density at radius 1 is 0.903 bits per heavy atom. The van der Waals surface area contributed by atoms with Gasteiger partial charge in [0.05, 0.1) is 4.90 Å². The molecule has 1 amide bonds. The Labute approximate surface area is 182 Å². The molecule has 0 radical (unpaired) electrons. The Morgan fingerprint density at radius 3 is 2.19 bits per heavy atom. The van der Waals surface area contributed by atoms with Crippen LogP contribution < -0.4 is 9.64 Å². The van der Waals surface area contributed by atoms with Crippen LogP contribution in [-0.4, -0.2) is 79.4 Å². The van der Waals surface area contributed by atoms with Crippen LogP contribution in [0.3, 0.4) is 0 Å². The van der Waals surface area contributed by atoms with Crippen LogP contribution in [0, 0.1) is 0 Å². The summed E-state index contributed by atoms with van der Waals surface area (Å²) in [5.41, 5.74) is 0. The van der Waals surface area contributed by atoms with Crippen LogP contribution in [0.4, 0.5) is 5.95 Å². The predicted octanol–water partition coefficient (Wildman–Crippen LogP) is 1.38. The first kappa shape index (κ1) is 21.5. The Balaban J connectivity index is 1.27. The lowest BCUT2D eigenvalue weighted by molar-refractivity contribution is -0.133. The van der Waals surface area contributed by atoms with Gasteiger partial charge in [-0.1, -0.05) is 6.42 Å². The molecule has 2 saturated heterocycles. The normalized spacial score (nSPS) is 18.1. The highest BCUT2D eigenvalue weighted by Crippen LogP contribution is 2.22. The van der Waals surface area contributed by atoms with Crippen molar-refractivity contribution < 1.29 is 17.9 Å². The van der Waals surface area contributed by atoms with E-state index in [1.807, 2.05) is 4.90 Å². The molecule has 2 aliphatic heterocycles. The van der Waals surface area contributed by atoms with Crippen molar-refractivity contribution in [1.82, 2.24) is 19.2 Å². The van der Waals surface area contributed by atoms with Crippen molar-refractivity contribution in [2.45, 2.75) is 24.2 Å². The minimum absolute atomic E-state index is 0.0833. The lowest BCUT2D eigenvalue weighted by Crippen LogP contribution is -2.50. The van der Waals surface area contributed by atoms with Gasteiger partial charge in [-0.15, -0.1) is 0 Å². The fraction of sp³-hybridized carbons (Fsp3) is 0.476. The van der Waals surface area contributed by atoms with Crippen LogP contribution in [0.25, 0.3) is 0 Å². The zero-order valence-electron chi connectivity index (χ0n) is 17.4. The molecule has 1 aromatic carbocycles. The fourth-order valence-corrected chi connectivity index (χ4v) is 5.33. The van der Waals surface area contributed by atoms with E-state index in [-0.39, 0.29) is 17.4 Å². The summed E-state index contributed by atoms with van der Waals surface area (Å²) >= 11 is 0. The number of amides is 1. The number of piperazine rings is 1. The van der Waals surface area contributed by atoms with Crippen molar-refractivity contribution in [3.05, 3.63) is 42.7 Å². The first-order valence-corrected chi connectivity index (χ1v) is 12.0. The molecule has 10 heteroatoms. The number of aromatic nitrogens is 2. The average molecular weight is 446 g/mol. The Bertz CT molecular complexity index is 971. The number of sulfonamides is 1. The summed E-state index contributed by atoms with van der Waals surface area (Å²) in [4.78, 5) is 25.0. The second kappa shape index (κ2) is 9.61. The van der Waals surface area contributed by atoms with E-state index < -0.39 is 10.0 Å². The first-order chi connectivity index (χ1) is 15.0. The first-order valence-electron chi connectivity index (χ1n) is 10.6. The second-order valence-electron chi connectivity index (χ2n) is 7.64. The van der Waals surface area contributed by atoms with Gasteiger partial charge in [0.2, 0.25) is 16.0 Å². The number of rotatable bonds is 6. The second-order valence-corrected chi connectivity index (χ2v) is 9.58. The number of hydrogen-bond acceptors (Lipinski definition) is 7. The van der Waals surface area contributed by atoms with Crippen molar-refractivity contribution in [2.24, 2.45) is 0 Å². The van der Waals surface area contributed by atoms with Crippen molar-refractivity contribution in [3.63, 3.8) is 0 Å². The van der Waals surface area contributed by atoms with Crippen LogP contribution in [0.15, 0.2) is 47.6 Å². The average Bonchev–Trinajstić information content (AvgIpc) is 2.84. The molecule has 3 heterocycles. The number of carbonyl (C=O) groups excluding carboxylic acids is 1. The fourth-order valence-electron chi connectivity index (χ4n) is 3.81. The molecule has 0 N–H and O–H groups in total. The molecule has 0 unspecified atom stereocenters. The number of ether oxygens (including phenoxy) is 1. The van der Waals surface area contributed by atoms with Crippen molar-refractivity contribution >= 4 is 21.9 Å². The summed E-state index contributed by atoms with van der Waals surface area (Å²) in [6, 6.07) is 8.07. The zero-order chi connectivity index (χ0) is 21.7. The van der Waals surface area contributed by atoms with Gasteiger partial charge in [-0.25, -0.2) is 18.4 Å². The third-order valence-electron chi connectivity index (χ3n) is 5.61. The van der Waals surface area contributed by atoms with Gasteiger partial charge in [-0.3, -0.25) is 4.79 Å². The molecule has 166 valence electrons. The van der Waals surface area contributed by atoms with E-state index in [4.69, 9.17) is 4.74 Å². The number of piperidine rings is 1. The van der Waals surface area contributed by atoms with Crippen molar-refractivity contribution in [2.75, 3.05) is 50.8 Å². The van der Waals surface area contributed by atoms with E-state index in [0.29, 0.717) is 51.0 Å². The molecule has 0 atom stereocenters. The largest absolute Gasteiger partial charge is 0.484 e. The van der Waals surface area contributed by atoms with Gasteiger partial charge in [-0.2, -0.15) is 4.31 Å². The maximum absolute atomic E-state index is 12.7. The maximum Gasteiger partial charge on any atom is 0.260 e. The van der Waals surface area contributed by atoms with Gasteiger partial charge in [0.1, 0.15) is 5.75 Å². The zero-order valence-corrected chi connectivity index (χ0v) is 18.2. The molecule has 0 saturated carbocycles. The molecule has 0 bridgehead atoms. The summed E-state index contributed by atoms with van der Waals surface area (Å²) in [6.45, 7) is 3.54. The molecule has 9 nitrogen and oxygen atoms in total. The quantitative estimate of drug-likeness (QED) is 0.663. The van der Waals surface area contributed by atoms with Gasteiger partial charge in [0, 0.05) is 51.7 Å². The predicted molar refractivity (Wildman–Crippen MR) is 115 cm³/mol. The summed E-state index contributed by atoms with van der Waals surface area (Å²) in [6.07, 6.45) is 6.28. The van der Waals surface area contributed by atoms with Gasteiger partial charge >= 0.3 is 0 Å². The summed E-state index contributed by atoms with van der Waals surface area (Å²) in [5.74, 6) is 1.05. The monoisotopic (exact) mass is 445 g/mol. The number of nitrogens with zero attached hydrogens (tertiary/aromatic N) is 5.